The Labute approximate surface area is 327 Å². The summed E-state index contributed by atoms with van der Waals surface area (Å²) in [7, 11) is 0. The third kappa shape index (κ3) is 5.48. The van der Waals surface area contributed by atoms with Gasteiger partial charge in [0, 0.05) is 65.0 Å². The van der Waals surface area contributed by atoms with Crippen LogP contribution < -0.4 is 0 Å². The molecule has 4 aromatic heterocycles. The molecule has 11 rings (SSSR count). The molecular formula is C51H31N3OS. The molecule has 0 spiro atoms. The van der Waals surface area contributed by atoms with Crippen molar-refractivity contribution in [3.05, 3.63) is 188 Å². The highest BCUT2D eigenvalue weighted by molar-refractivity contribution is 7.25. The van der Waals surface area contributed by atoms with Crippen LogP contribution in [0.5, 0.6) is 0 Å². The molecule has 4 heterocycles. The number of nitrogens with zero attached hydrogens (tertiary/aromatic N) is 3. The van der Waals surface area contributed by atoms with E-state index in [0.29, 0.717) is 5.82 Å². The normalized spacial score (nSPS) is 11.6. The van der Waals surface area contributed by atoms with Crippen LogP contribution in [0.4, 0.5) is 0 Å². The van der Waals surface area contributed by atoms with Gasteiger partial charge in [-0.1, -0.05) is 133 Å². The lowest BCUT2D eigenvalue weighted by molar-refractivity contribution is 0.670. The molecular weight excluding hydrogens is 703 g/mol. The van der Waals surface area contributed by atoms with Gasteiger partial charge in [0.05, 0.1) is 17.1 Å². The number of furan rings is 1. The van der Waals surface area contributed by atoms with Crippen molar-refractivity contribution >= 4 is 53.4 Å². The number of aromatic nitrogens is 3. The quantitative estimate of drug-likeness (QED) is 0.171. The number of rotatable bonds is 6. The highest BCUT2D eigenvalue weighted by Crippen LogP contribution is 2.46. The number of para-hydroxylation sites is 1. The van der Waals surface area contributed by atoms with Crippen molar-refractivity contribution in [2.24, 2.45) is 0 Å². The van der Waals surface area contributed by atoms with Crippen LogP contribution in [-0.4, -0.2) is 15.0 Å². The number of hydrogen-bond donors (Lipinski definition) is 0. The molecule has 0 fully saturated rings. The van der Waals surface area contributed by atoms with Gasteiger partial charge < -0.3 is 4.42 Å². The number of pyridine rings is 1. The van der Waals surface area contributed by atoms with Crippen LogP contribution in [0, 0.1) is 0 Å². The summed E-state index contributed by atoms with van der Waals surface area (Å²) in [5, 5.41) is 4.77. The molecule has 0 saturated carbocycles. The Morgan fingerprint density at radius 1 is 0.393 bits per heavy atom. The van der Waals surface area contributed by atoms with Gasteiger partial charge in [-0.25, -0.2) is 9.97 Å². The smallest absolute Gasteiger partial charge is 0.160 e. The largest absolute Gasteiger partial charge is 0.455 e. The summed E-state index contributed by atoms with van der Waals surface area (Å²) in [4.78, 5) is 14.8. The standard InChI is InChI=1S/C51H31N3OS/c1-2-12-33(13-3-1)43-31-44(54-51(53-43)36-15-10-14-35(30-36)42-19-8-9-29-52-42)34-25-23-32(24-26-34)37-27-28-39(50-49(37)40-16-4-6-20-45(40)55-50)38-18-11-22-47-48(38)41-17-5-7-21-46(41)56-47/h1-31H. The van der Waals surface area contributed by atoms with E-state index in [1.165, 1.54) is 25.7 Å². The van der Waals surface area contributed by atoms with E-state index in [9.17, 15) is 0 Å². The Balaban J connectivity index is 1.04. The lowest BCUT2D eigenvalue weighted by Gasteiger charge is -2.12. The van der Waals surface area contributed by atoms with Crippen molar-refractivity contribution in [2.75, 3.05) is 0 Å². The second kappa shape index (κ2) is 13.3. The Morgan fingerprint density at radius 3 is 1.89 bits per heavy atom. The van der Waals surface area contributed by atoms with Gasteiger partial charge in [0.2, 0.25) is 0 Å². The molecule has 0 radical (unpaired) electrons. The first-order valence-electron chi connectivity index (χ1n) is 18.7. The summed E-state index contributed by atoms with van der Waals surface area (Å²) >= 11 is 1.84. The van der Waals surface area contributed by atoms with Gasteiger partial charge in [0.1, 0.15) is 11.2 Å². The zero-order valence-corrected chi connectivity index (χ0v) is 30.9. The molecule has 5 heteroatoms. The lowest BCUT2D eigenvalue weighted by Crippen LogP contribution is -1.96. The fourth-order valence-corrected chi connectivity index (χ4v) is 9.06. The van der Waals surface area contributed by atoms with E-state index in [1.807, 2.05) is 66.1 Å². The molecule has 7 aromatic carbocycles. The Bertz CT molecular complexity index is 3240. The first-order chi connectivity index (χ1) is 27.7. The fourth-order valence-electron chi connectivity index (χ4n) is 7.93. The van der Waals surface area contributed by atoms with Gasteiger partial charge in [-0.3, -0.25) is 4.98 Å². The Morgan fingerprint density at radius 2 is 1.05 bits per heavy atom. The average molecular weight is 734 g/mol. The van der Waals surface area contributed by atoms with E-state index in [-0.39, 0.29) is 0 Å². The average Bonchev–Trinajstić information content (AvgIpc) is 3.86. The molecule has 0 atom stereocenters. The molecule has 4 nitrogen and oxygen atoms in total. The van der Waals surface area contributed by atoms with Crippen molar-refractivity contribution < 1.29 is 4.42 Å². The molecule has 11 aromatic rings. The number of thiophene rings is 1. The molecule has 0 saturated heterocycles. The van der Waals surface area contributed by atoms with Crippen molar-refractivity contribution in [3.63, 3.8) is 0 Å². The summed E-state index contributed by atoms with van der Waals surface area (Å²) in [6, 6.07) is 63.5. The minimum Gasteiger partial charge on any atom is -0.455 e. The van der Waals surface area contributed by atoms with Crippen LogP contribution in [0.3, 0.4) is 0 Å². The summed E-state index contributed by atoms with van der Waals surface area (Å²) < 4.78 is 9.32. The fraction of sp³-hybridized carbons (Fsp3) is 0. The molecule has 0 N–H and O–H groups in total. The molecule has 0 aliphatic heterocycles. The van der Waals surface area contributed by atoms with E-state index in [4.69, 9.17) is 14.4 Å². The van der Waals surface area contributed by atoms with E-state index in [1.54, 1.807) is 0 Å². The maximum atomic E-state index is 6.76. The van der Waals surface area contributed by atoms with Crippen molar-refractivity contribution in [3.8, 4) is 67.4 Å². The highest BCUT2D eigenvalue weighted by Gasteiger charge is 2.20. The third-order valence-electron chi connectivity index (χ3n) is 10.6. The zero-order valence-electron chi connectivity index (χ0n) is 30.1. The monoisotopic (exact) mass is 733 g/mol. The van der Waals surface area contributed by atoms with E-state index in [2.05, 4.69) is 138 Å². The molecule has 0 aliphatic rings. The maximum Gasteiger partial charge on any atom is 0.160 e. The van der Waals surface area contributed by atoms with Gasteiger partial charge in [-0.05, 0) is 65.2 Å². The molecule has 0 unspecified atom stereocenters. The number of fused-ring (bicyclic) bond motifs is 6. The predicted molar refractivity (Wildman–Crippen MR) is 233 cm³/mol. The van der Waals surface area contributed by atoms with Crippen LogP contribution in [0.25, 0.3) is 110 Å². The lowest BCUT2D eigenvalue weighted by atomic mass is 9.92. The van der Waals surface area contributed by atoms with Crippen LogP contribution in [0.1, 0.15) is 0 Å². The van der Waals surface area contributed by atoms with Crippen molar-refractivity contribution in [1.29, 1.82) is 0 Å². The topological polar surface area (TPSA) is 51.8 Å². The summed E-state index contributed by atoms with van der Waals surface area (Å²) in [6.45, 7) is 0. The summed E-state index contributed by atoms with van der Waals surface area (Å²) in [5.41, 5.74) is 12.9. The Hall–Kier alpha value is -7.21. The molecule has 262 valence electrons. The van der Waals surface area contributed by atoms with E-state index in [0.717, 1.165) is 78.0 Å². The van der Waals surface area contributed by atoms with Gasteiger partial charge in [-0.2, -0.15) is 0 Å². The molecule has 56 heavy (non-hydrogen) atoms. The SMILES string of the molecule is c1ccc(-c2cc(-c3ccc(-c4ccc(-c5cccc6sc7ccccc7c56)c5oc6ccccc6c45)cc3)nc(-c3cccc(-c4ccccn4)c3)n2)cc1. The van der Waals surface area contributed by atoms with E-state index >= 15 is 0 Å². The molecule has 0 bridgehead atoms. The van der Waals surface area contributed by atoms with Crippen molar-refractivity contribution in [2.45, 2.75) is 0 Å². The van der Waals surface area contributed by atoms with Crippen molar-refractivity contribution in [1.82, 2.24) is 15.0 Å². The summed E-state index contributed by atoms with van der Waals surface area (Å²) in [5.74, 6) is 0.666. The van der Waals surface area contributed by atoms with E-state index < -0.39 is 0 Å². The van der Waals surface area contributed by atoms with Gasteiger partial charge >= 0.3 is 0 Å². The second-order valence-electron chi connectivity index (χ2n) is 13.9. The number of benzene rings is 7. The minimum atomic E-state index is 0.666. The van der Waals surface area contributed by atoms with Crippen LogP contribution in [-0.2, 0) is 0 Å². The minimum absolute atomic E-state index is 0.666. The second-order valence-corrected chi connectivity index (χ2v) is 15.0. The maximum absolute atomic E-state index is 6.76. The zero-order chi connectivity index (χ0) is 37.0. The number of hydrogen-bond acceptors (Lipinski definition) is 5. The van der Waals surface area contributed by atoms with Gasteiger partial charge in [0.25, 0.3) is 0 Å². The first-order valence-corrected chi connectivity index (χ1v) is 19.5. The third-order valence-corrected chi connectivity index (χ3v) is 11.7. The molecule has 0 aliphatic carbocycles. The molecule has 0 amide bonds. The highest BCUT2D eigenvalue weighted by atomic mass is 32.1. The van der Waals surface area contributed by atoms with Gasteiger partial charge in [-0.15, -0.1) is 11.3 Å². The predicted octanol–water partition coefficient (Wildman–Crippen LogP) is 14.1. The summed E-state index contributed by atoms with van der Waals surface area (Å²) in [6.07, 6.45) is 1.82. The van der Waals surface area contributed by atoms with Crippen LogP contribution in [0.15, 0.2) is 193 Å². The van der Waals surface area contributed by atoms with Crippen LogP contribution >= 0.6 is 11.3 Å². The van der Waals surface area contributed by atoms with Gasteiger partial charge in [0.15, 0.2) is 5.82 Å². The Kier molecular flexibility index (Phi) is 7.64. The first kappa shape index (κ1) is 32.2. The van der Waals surface area contributed by atoms with Crippen LogP contribution in [0.2, 0.25) is 0 Å².